The van der Waals surface area contributed by atoms with E-state index in [1.54, 1.807) is 0 Å². The minimum absolute atomic E-state index is 0.0215. The first-order valence-corrected chi connectivity index (χ1v) is 7.69. The van der Waals surface area contributed by atoms with E-state index in [9.17, 15) is 19.5 Å². The van der Waals surface area contributed by atoms with E-state index in [4.69, 9.17) is 5.11 Å². The Morgan fingerprint density at radius 2 is 1.91 bits per heavy atom. The number of carbonyl (C=O) groups excluding carboxylic acids is 2. The molecular formula is C14H23N3O5. The van der Waals surface area contributed by atoms with Crippen LogP contribution in [-0.4, -0.2) is 57.7 Å². The average Bonchev–Trinajstić information content (AvgIpc) is 2.44. The highest BCUT2D eigenvalue weighted by atomic mass is 16.4. The SMILES string of the molecule is CC(NC(=O)C(O)C1CCC1)C(=O)N1CCC[C@@H](C(=O)O)N1. The summed E-state index contributed by atoms with van der Waals surface area (Å²) in [7, 11) is 0. The molecule has 2 amide bonds. The lowest BCUT2D eigenvalue weighted by Crippen LogP contribution is -2.60. The number of carbonyl (C=O) groups is 3. The van der Waals surface area contributed by atoms with Crippen LogP contribution in [0.1, 0.15) is 39.0 Å². The molecule has 2 unspecified atom stereocenters. The van der Waals surface area contributed by atoms with Crippen molar-refractivity contribution >= 4 is 17.8 Å². The Labute approximate surface area is 128 Å². The van der Waals surface area contributed by atoms with Crippen LogP contribution in [0.2, 0.25) is 0 Å². The van der Waals surface area contributed by atoms with Gasteiger partial charge in [0.15, 0.2) is 0 Å². The molecule has 8 heteroatoms. The van der Waals surface area contributed by atoms with Crippen LogP contribution in [0.4, 0.5) is 0 Å². The number of aliphatic carboxylic acids is 1. The van der Waals surface area contributed by atoms with Crippen LogP contribution in [0.3, 0.4) is 0 Å². The molecular weight excluding hydrogens is 290 g/mol. The minimum atomic E-state index is -1.08. The molecule has 0 aromatic rings. The number of aliphatic hydroxyl groups excluding tert-OH is 1. The van der Waals surface area contributed by atoms with Gasteiger partial charge in [0.2, 0.25) is 5.91 Å². The molecule has 0 aromatic carbocycles. The Morgan fingerprint density at radius 1 is 1.23 bits per heavy atom. The molecule has 1 aliphatic heterocycles. The zero-order valence-electron chi connectivity index (χ0n) is 12.6. The topological polar surface area (TPSA) is 119 Å². The van der Waals surface area contributed by atoms with Crippen molar-refractivity contribution in [1.82, 2.24) is 15.8 Å². The van der Waals surface area contributed by atoms with E-state index >= 15 is 0 Å². The second kappa shape index (κ2) is 7.06. The lowest BCUT2D eigenvalue weighted by atomic mass is 9.81. The van der Waals surface area contributed by atoms with E-state index in [-0.39, 0.29) is 5.92 Å². The van der Waals surface area contributed by atoms with Crippen LogP contribution in [-0.2, 0) is 14.4 Å². The third kappa shape index (κ3) is 3.75. The van der Waals surface area contributed by atoms with Gasteiger partial charge in [0, 0.05) is 6.54 Å². The number of nitrogens with zero attached hydrogens (tertiary/aromatic N) is 1. The van der Waals surface area contributed by atoms with Gasteiger partial charge in [-0.1, -0.05) is 6.42 Å². The summed E-state index contributed by atoms with van der Waals surface area (Å²) >= 11 is 0. The predicted molar refractivity (Wildman–Crippen MR) is 76.5 cm³/mol. The van der Waals surface area contributed by atoms with Gasteiger partial charge in [-0.3, -0.25) is 19.4 Å². The van der Waals surface area contributed by atoms with Gasteiger partial charge in [0.25, 0.3) is 5.91 Å². The summed E-state index contributed by atoms with van der Waals surface area (Å²) < 4.78 is 0. The van der Waals surface area contributed by atoms with Gasteiger partial charge >= 0.3 is 5.97 Å². The quantitative estimate of drug-likeness (QED) is 0.529. The molecule has 1 heterocycles. The molecule has 1 saturated carbocycles. The molecule has 22 heavy (non-hydrogen) atoms. The minimum Gasteiger partial charge on any atom is -0.480 e. The van der Waals surface area contributed by atoms with E-state index in [1.807, 2.05) is 0 Å². The smallest absolute Gasteiger partial charge is 0.322 e. The Hall–Kier alpha value is -1.67. The first-order valence-electron chi connectivity index (χ1n) is 7.69. The molecule has 1 saturated heterocycles. The van der Waals surface area contributed by atoms with E-state index in [0.717, 1.165) is 19.3 Å². The largest absolute Gasteiger partial charge is 0.480 e. The normalized spacial score (nSPS) is 25.0. The molecule has 4 N–H and O–H groups in total. The van der Waals surface area contributed by atoms with Crippen LogP contribution >= 0.6 is 0 Å². The maximum atomic E-state index is 12.3. The molecule has 8 nitrogen and oxygen atoms in total. The van der Waals surface area contributed by atoms with Crippen LogP contribution < -0.4 is 10.7 Å². The number of hydrogen-bond acceptors (Lipinski definition) is 5. The monoisotopic (exact) mass is 313 g/mol. The highest BCUT2D eigenvalue weighted by molar-refractivity contribution is 5.89. The Balaban J connectivity index is 1.85. The predicted octanol–water partition coefficient (Wildman–Crippen LogP) is -0.768. The third-order valence-corrected chi connectivity index (χ3v) is 4.34. The van der Waals surface area contributed by atoms with E-state index in [1.165, 1.54) is 11.9 Å². The Morgan fingerprint density at radius 3 is 2.45 bits per heavy atom. The first-order chi connectivity index (χ1) is 10.4. The summed E-state index contributed by atoms with van der Waals surface area (Å²) in [5, 5.41) is 22.6. The van der Waals surface area contributed by atoms with Crippen LogP contribution in [0.5, 0.6) is 0 Å². The maximum Gasteiger partial charge on any atom is 0.322 e. The van der Waals surface area contributed by atoms with Gasteiger partial charge < -0.3 is 15.5 Å². The lowest BCUT2D eigenvalue weighted by molar-refractivity contribution is -0.149. The van der Waals surface area contributed by atoms with Crippen LogP contribution in [0.15, 0.2) is 0 Å². The summed E-state index contributed by atoms with van der Waals surface area (Å²) in [6, 6.07) is -1.61. The number of rotatable bonds is 5. The average molecular weight is 313 g/mol. The van der Waals surface area contributed by atoms with Crippen molar-refractivity contribution in [3.63, 3.8) is 0 Å². The van der Waals surface area contributed by atoms with E-state index in [0.29, 0.717) is 19.4 Å². The molecule has 3 atom stereocenters. The standard InChI is InChI=1S/C14H23N3O5/c1-8(15-12(19)11(18)9-4-2-5-9)13(20)17-7-3-6-10(16-17)14(21)22/h8-11,16,18H,2-7H2,1H3,(H,15,19)(H,21,22)/t8?,10-,11?/m0/s1. The number of hydrogen-bond donors (Lipinski definition) is 4. The second-order valence-electron chi connectivity index (χ2n) is 6.02. The molecule has 2 rings (SSSR count). The fraction of sp³-hybridized carbons (Fsp3) is 0.786. The molecule has 2 aliphatic rings. The van der Waals surface area contributed by atoms with Gasteiger partial charge in [0.1, 0.15) is 18.2 Å². The number of carboxylic acid groups (broad SMARTS) is 1. The van der Waals surface area contributed by atoms with Crippen molar-refractivity contribution < 1.29 is 24.6 Å². The molecule has 0 radical (unpaired) electrons. The molecule has 124 valence electrons. The number of nitrogens with one attached hydrogen (secondary N) is 2. The summed E-state index contributed by atoms with van der Waals surface area (Å²) in [5.74, 6) is -1.97. The summed E-state index contributed by atoms with van der Waals surface area (Å²) in [6.45, 7) is 1.92. The van der Waals surface area contributed by atoms with Gasteiger partial charge in [-0.25, -0.2) is 5.43 Å². The van der Waals surface area contributed by atoms with Crippen LogP contribution in [0, 0.1) is 5.92 Å². The highest BCUT2D eigenvalue weighted by Crippen LogP contribution is 2.29. The zero-order chi connectivity index (χ0) is 16.3. The van der Waals surface area contributed by atoms with Crippen molar-refractivity contribution in [3.05, 3.63) is 0 Å². The van der Waals surface area contributed by atoms with Crippen molar-refractivity contribution in [2.24, 2.45) is 5.92 Å². The maximum absolute atomic E-state index is 12.3. The van der Waals surface area contributed by atoms with E-state index < -0.39 is 36.0 Å². The molecule has 0 spiro atoms. The van der Waals surface area contributed by atoms with Gasteiger partial charge in [-0.05, 0) is 38.5 Å². The Kier molecular flexibility index (Phi) is 5.36. The van der Waals surface area contributed by atoms with Gasteiger partial charge in [-0.15, -0.1) is 0 Å². The van der Waals surface area contributed by atoms with Crippen molar-refractivity contribution in [1.29, 1.82) is 0 Å². The lowest BCUT2D eigenvalue weighted by Gasteiger charge is -2.34. The fourth-order valence-corrected chi connectivity index (χ4v) is 2.69. The summed E-state index contributed by atoms with van der Waals surface area (Å²) in [6.07, 6.45) is 2.62. The van der Waals surface area contributed by atoms with E-state index in [2.05, 4.69) is 10.7 Å². The van der Waals surface area contributed by atoms with Crippen molar-refractivity contribution in [3.8, 4) is 0 Å². The number of aliphatic hydroxyl groups is 1. The molecule has 0 aromatic heterocycles. The zero-order valence-corrected chi connectivity index (χ0v) is 12.6. The fourth-order valence-electron chi connectivity index (χ4n) is 2.69. The molecule has 1 aliphatic carbocycles. The molecule has 2 fully saturated rings. The highest BCUT2D eigenvalue weighted by Gasteiger charge is 2.34. The number of hydrazine groups is 1. The van der Waals surface area contributed by atoms with Crippen LogP contribution in [0.25, 0.3) is 0 Å². The summed E-state index contributed by atoms with van der Waals surface area (Å²) in [4.78, 5) is 35.1. The second-order valence-corrected chi connectivity index (χ2v) is 6.02. The number of amides is 2. The molecule has 0 bridgehead atoms. The van der Waals surface area contributed by atoms with Gasteiger partial charge in [0.05, 0.1) is 0 Å². The van der Waals surface area contributed by atoms with Gasteiger partial charge in [-0.2, -0.15) is 0 Å². The number of carboxylic acids is 1. The summed E-state index contributed by atoms with van der Waals surface area (Å²) in [5.41, 5.74) is 2.65. The first kappa shape index (κ1) is 16.7. The third-order valence-electron chi connectivity index (χ3n) is 4.34. The van der Waals surface area contributed by atoms with Crippen molar-refractivity contribution in [2.45, 2.75) is 57.2 Å². The Bertz CT molecular complexity index is 452. The van der Waals surface area contributed by atoms with Crippen molar-refractivity contribution in [2.75, 3.05) is 6.54 Å².